The second-order valence-electron chi connectivity index (χ2n) is 7.14. The summed E-state index contributed by atoms with van der Waals surface area (Å²) in [7, 11) is 0. The molecule has 0 aromatic carbocycles. The number of hydrogen-bond donors (Lipinski definition) is 0. The predicted molar refractivity (Wildman–Crippen MR) is 86.4 cm³/mol. The van der Waals surface area contributed by atoms with Crippen molar-refractivity contribution in [2.24, 2.45) is 11.3 Å². The number of hydrogen-bond acceptors (Lipinski definition) is 3. The van der Waals surface area contributed by atoms with Crippen molar-refractivity contribution in [2.45, 2.75) is 65.3 Å². The van der Waals surface area contributed by atoms with Crippen molar-refractivity contribution in [1.29, 1.82) is 0 Å². The third-order valence-corrected chi connectivity index (χ3v) is 6.06. The van der Waals surface area contributed by atoms with Gasteiger partial charge in [0.25, 0.3) is 0 Å². The van der Waals surface area contributed by atoms with Gasteiger partial charge in [0.05, 0.1) is 10.7 Å². The van der Waals surface area contributed by atoms with Crippen molar-refractivity contribution in [1.82, 2.24) is 9.88 Å². The third-order valence-electron chi connectivity index (χ3n) is 5.24. The van der Waals surface area contributed by atoms with Crippen LogP contribution in [0.4, 0.5) is 0 Å². The van der Waals surface area contributed by atoms with E-state index in [0.717, 1.165) is 30.1 Å². The van der Waals surface area contributed by atoms with Crippen molar-refractivity contribution < 1.29 is 4.79 Å². The lowest BCUT2D eigenvalue weighted by Gasteiger charge is -2.64. The Hall–Kier alpha value is -0.900. The lowest BCUT2D eigenvalue weighted by molar-refractivity contribution is -0.175. The quantitative estimate of drug-likeness (QED) is 0.828. The van der Waals surface area contributed by atoms with Crippen LogP contribution in [0.2, 0.25) is 0 Å². The van der Waals surface area contributed by atoms with Gasteiger partial charge in [-0.15, -0.1) is 11.3 Å². The molecule has 4 heteroatoms. The summed E-state index contributed by atoms with van der Waals surface area (Å²) in [6.45, 7) is 7.58. The molecule has 2 heterocycles. The van der Waals surface area contributed by atoms with Crippen LogP contribution >= 0.6 is 11.3 Å². The number of amides is 1. The highest BCUT2D eigenvalue weighted by molar-refractivity contribution is 7.09. The second-order valence-corrected chi connectivity index (χ2v) is 8.20. The molecule has 21 heavy (non-hydrogen) atoms. The SMILES string of the molecule is Cc1nc(CCCC(=O)N2CC3(CCC3)[C@@H]2C(C)C)cs1. The number of likely N-dealkylation sites (tertiary alicyclic amines) is 1. The molecule has 1 aromatic rings. The van der Waals surface area contributed by atoms with E-state index in [0.29, 0.717) is 29.7 Å². The summed E-state index contributed by atoms with van der Waals surface area (Å²) in [4.78, 5) is 19.1. The Morgan fingerprint density at radius 2 is 2.29 bits per heavy atom. The van der Waals surface area contributed by atoms with Gasteiger partial charge >= 0.3 is 0 Å². The van der Waals surface area contributed by atoms with E-state index < -0.39 is 0 Å². The lowest BCUT2D eigenvalue weighted by atomic mass is 9.55. The van der Waals surface area contributed by atoms with Gasteiger partial charge in [0.1, 0.15) is 0 Å². The van der Waals surface area contributed by atoms with Gasteiger partial charge in [-0.3, -0.25) is 4.79 Å². The Morgan fingerprint density at radius 1 is 1.52 bits per heavy atom. The van der Waals surface area contributed by atoms with Crippen LogP contribution in [0.1, 0.15) is 56.7 Å². The molecule has 1 saturated heterocycles. The summed E-state index contributed by atoms with van der Waals surface area (Å²) in [5, 5.41) is 3.23. The van der Waals surface area contributed by atoms with Gasteiger partial charge in [0, 0.05) is 29.8 Å². The molecular formula is C17H26N2OS. The van der Waals surface area contributed by atoms with E-state index in [9.17, 15) is 4.79 Å². The molecule has 2 aliphatic rings. The smallest absolute Gasteiger partial charge is 0.222 e. The monoisotopic (exact) mass is 306 g/mol. The van der Waals surface area contributed by atoms with Crippen LogP contribution in [-0.4, -0.2) is 28.4 Å². The average molecular weight is 306 g/mol. The maximum Gasteiger partial charge on any atom is 0.222 e. The Labute approximate surface area is 131 Å². The molecule has 1 aromatic heterocycles. The minimum atomic E-state index is 0.359. The lowest BCUT2D eigenvalue weighted by Crippen LogP contribution is -2.70. The van der Waals surface area contributed by atoms with E-state index in [1.54, 1.807) is 11.3 Å². The topological polar surface area (TPSA) is 33.2 Å². The normalized spacial score (nSPS) is 23.2. The van der Waals surface area contributed by atoms with E-state index in [4.69, 9.17) is 0 Å². The number of thiazole rings is 1. The Balaban J connectivity index is 1.49. The molecule has 0 N–H and O–H groups in total. The van der Waals surface area contributed by atoms with Crippen molar-refractivity contribution in [3.63, 3.8) is 0 Å². The van der Waals surface area contributed by atoms with Gasteiger partial charge in [0.15, 0.2) is 0 Å². The number of nitrogens with zero attached hydrogens (tertiary/aromatic N) is 2. The van der Waals surface area contributed by atoms with E-state index in [1.165, 1.54) is 19.3 Å². The van der Waals surface area contributed by atoms with Crippen LogP contribution in [-0.2, 0) is 11.2 Å². The Kier molecular flexibility index (Phi) is 4.08. The van der Waals surface area contributed by atoms with Crippen LogP contribution < -0.4 is 0 Å². The van der Waals surface area contributed by atoms with Gasteiger partial charge in [-0.05, 0) is 38.5 Å². The minimum absolute atomic E-state index is 0.359. The number of aryl methyl sites for hydroxylation is 2. The molecule has 1 aliphatic heterocycles. The summed E-state index contributed by atoms with van der Waals surface area (Å²) in [6, 6.07) is 0.500. The van der Waals surface area contributed by atoms with E-state index in [2.05, 4.69) is 29.1 Å². The zero-order valence-electron chi connectivity index (χ0n) is 13.4. The van der Waals surface area contributed by atoms with Crippen molar-refractivity contribution in [3.05, 3.63) is 16.1 Å². The molecule has 2 fully saturated rings. The van der Waals surface area contributed by atoms with Crippen LogP contribution in [0.3, 0.4) is 0 Å². The summed E-state index contributed by atoms with van der Waals surface area (Å²) in [5.41, 5.74) is 1.64. The first-order chi connectivity index (χ1) is 10.0. The number of carbonyl (C=O) groups excluding carboxylic acids is 1. The molecule has 1 amide bonds. The summed E-state index contributed by atoms with van der Waals surface area (Å²) >= 11 is 1.69. The van der Waals surface area contributed by atoms with Crippen LogP contribution in [0.15, 0.2) is 5.38 Å². The highest BCUT2D eigenvalue weighted by atomic mass is 32.1. The van der Waals surface area contributed by atoms with Gasteiger partial charge in [-0.1, -0.05) is 20.3 Å². The molecule has 116 valence electrons. The molecule has 1 saturated carbocycles. The number of rotatable bonds is 5. The molecule has 0 radical (unpaired) electrons. The van der Waals surface area contributed by atoms with Crippen LogP contribution in [0, 0.1) is 18.3 Å². The van der Waals surface area contributed by atoms with Crippen molar-refractivity contribution in [3.8, 4) is 0 Å². The first-order valence-corrected chi connectivity index (χ1v) is 9.10. The highest BCUT2D eigenvalue weighted by Gasteiger charge is 2.57. The number of aromatic nitrogens is 1. The first-order valence-electron chi connectivity index (χ1n) is 8.22. The fourth-order valence-electron chi connectivity index (χ4n) is 4.23. The summed E-state index contributed by atoms with van der Waals surface area (Å²) in [5.74, 6) is 0.947. The van der Waals surface area contributed by atoms with Crippen molar-refractivity contribution >= 4 is 17.2 Å². The van der Waals surface area contributed by atoms with Gasteiger partial charge in [-0.2, -0.15) is 0 Å². The maximum atomic E-state index is 12.5. The standard InChI is InChI=1S/C17H26N2OS/c1-12(2)16-17(8-5-9-17)11-19(16)15(20)7-4-6-14-10-21-13(3)18-14/h10,12,16H,4-9,11H2,1-3H3/t16-/m0/s1. The number of carbonyl (C=O) groups is 1. The van der Waals surface area contributed by atoms with E-state index >= 15 is 0 Å². The second kappa shape index (κ2) is 5.71. The fourth-order valence-corrected chi connectivity index (χ4v) is 4.88. The summed E-state index contributed by atoms with van der Waals surface area (Å²) in [6.07, 6.45) is 6.55. The van der Waals surface area contributed by atoms with E-state index in [1.807, 2.05) is 6.92 Å². The molecule has 0 unspecified atom stereocenters. The molecule has 3 nitrogen and oxygen atoms in total. The first kappa shape index (κ1) is 15.0. The molecular weight excluding hydrogens is 280 g/mol. The molecule has 1 aliphatic carbocycles. The molecule has 0 bridgehead atoms. The minimum Gasteiger partial charge on any atom is -0.338 e. The van der Waals surface area contributed by atoms with Gasteiger partial charge < -0.3 is 4.90 Å². The van der Waals surface area contributed by atoms with Gasteiger partial charge in [-0.25, -0.2) is 4.98 Å². The van der Waals surface area contributed by atoms with Crippen molar-refractivity contribution in [2.75, 3.05) is 6.54 Å². The van der Waals surface area contributed by atoms with Gasteiger partial charge in [0.2, 0.25) is 5.91 Å². The highest BCUT2D eigenvalue weighted by Crippen LogP contribution is 2.55. The zero-order valence-corrected chi connectivity index (χ0v) is 14.2. The van der Waals surface area contributed by atoms with E-state index in [-0.39, 0.29) is 0 Å². The Bertz CT molecular complexity index is 519. The van der Waals surface area contributed by atoms with Crippen LogP contribution in [0.25, 0.3) is 0 Å². The van der Waals surface area contributed by atoms with Crippen LogP contribution in [0.5, 0.6) is 0 Å². The molecule has 1 atom stereocenters. The fraction of sp³-hybridized carbons (Fsp3) is 0.765. The largest absolute Gasteiger partial charge is 0.338 e. The summed E-state index contributed by atoms with van der Waals surface area (Å²) < 4.78 is 0. The maximum absolute atomic E-state index is 12.5. The predicted octanol–water partition coefficient (Wildman–Crippen LogP) is 3.81. The average Bonchev–Trinajstić information content (AvgIpc) is 2.71. The molecule has 3 rings (SSSR count). The Morgan fingerprint density at radius 3 is 2.81 bits per heavy atom. The third kappa shape index (κ3) is 2.75. The zero-order chi connectivity index (χ0) is 15.0. The molecule has 1 spiro atoms.